The summed E-state index contributed by atoms with van der Waals surface area (Å²) in [4.78, 5) is 11.9. The standard InChI is InChI=1S/C20H20ClN5O/c1-14-8-10-16(11-9-14)22-13-19(27)24-23-12-18-15(2)25-26(20(18)21)17-6-4-3-5-7-17/h3-12,22H,13H2,1-2H3,(H,24,27)/b23-12-. The van der Waals surface area contributed by atoms with E-state index < -0.39 is 0 Å². The Bertz CT molecular complexity index is 949. The molecule has 1 amide bonds. The Morgan fingerprint density at radius 2 is 1.85 bits per heavy atom. The van der Waals surface area contributed by atoms with Gasteiger partial charge in [-0.05, 0) is 38.1 Å². The number of hydrazone groups is 1. The van der Waals surface area contributed by atoms with Crippen molar-refractivity contribution in [3.63, 3.8) is 0 Å². The third-order valence-electron chi connectivity index (χ3n) is 3.94. The monoisotopic (exact) mass is 381 g/mol. The van der Waals surface area contributed by atoms with Gasteiger partial charge in [0.15, 0.2) is 0 Å². The molecule has 3 aromatic rings. The van der Waals surface area contributed by atoms with Gasteiger partial charge in [-0.25, -0.2) is 10.1 Å². The Labute approximate surface area is 162 Å². The summed E-state index contributed by atoms with van der Waals surface area (Å²) in [6.45, 7) is 3.97. The van der Waals surface area contributed by atoms with Crippen molar-refractivity contribution in [1.82, 2.24) is 15.2 Å². The molecule has 7 heteroatoms. The van der Waals surface area contributed by atoms with E-state index in [0.29, 0.717) is 10.7 Å². The Hall–Kier alpha value is -3.12. The Morgan fingerprint density at radius 3 is 2.56 bits per heavy atom. The molecule has 3 rings (SSSR count). The van der Waals surface area contributed by atoms with Gasteiger partial charge >= 0.3 is 0 Å². The maximum atomic E-state index is 11.9. The summed E-state index contributed by atoms with van der Waals surface area (Å²) >= 11 is 6.42. The Kier molecular flexibility index (Phi) is 5.88. The van der Waals surface area contributed by atoms with E-state index in [0.717, 1.165) is 22.6 Å². The van der Waals surface area contributed by atoms with Crippen LogP contribution >= 0.6 is 11.6 Å². The smallest absolute Gasteiger partial charge is 0.259 e. The van der Waals surface area contributed by atoms with Gasteiger partial charge < -0.3 is 5.32 Å². The molecule has 0 fully saturated rings. The second kappa shape index (κ2) is 8.51. The highest BCUT2D eigenvalue weighted by Gasteiger charge is 2.13. The molecule has 0 aliphatic carbocycles. The predicted octanol–water partition coefficient (Wildman–Crippen LogP) is 3.70. The normalized spacial score (nSPS) is 10.9. The van der Waals surface area contributed by atoms with Crippen LogP contribution in [-0.4, -0.2) is 28.4 Å². The summed E-state index contributed by atoms with van der Waals surface area (Å²) in [7, 11) is 0. The van der Waals surface area contributed by atoms with E-state index in [1.165, 1.54) is 6.21 Å². The number of benzene rings is 2. The first kappa shape index (κ1) is 18.7. The summed E-state index contributed by atoms with van der Waals surface area (Å²) in [5.41, 5.74) is 6.77. The lowest BCUT2D eigenvalue weighted by Crippen LogP contribution is -2.25. The van der Waals surface area contributed by atoms with Gasteiger partial charge in [-0.2, -0.15) is 10.2 Å². The molecular weight excluding hydrogens is 362 g/mol. The molecule has 0 saturated heterocycles. The second-order valence-electron chi connectivity index (χ2n) is 6.05. The van der Waals surface area contributed by atoms with Crippen molar-refractivity contribution in [1.29, 1.82) is 0 Å². The van der Waals surface area contributed by atoms with Gasteiger partial charge in [0.05, 0.1) is 29.7 Å². The summed E-state index contributed by atoms with van der Waals surface area (Å²) < 4.78 is 1.64. The van der Waals surface area contributed by atoms with Gasteiger partial charge in [-0.15, -0.1) is 0 Å². The fraction of sp³-hybridized carbons (Fsp3) is 0.150. The molecule has 1 heterocycles. The fourth-order valence-corrected chi connectivity index (χ4v) is 2.78. The fourth-order valence-electron chi connectivity index (χ4n) is 2.46. The molecule has 0 radical (unpaired) electrons. The van der Waals surface area contributed by atoms with Gasteiger partial charge in [0.2, 0.25) is 0 Å². The molecule has 0 saturated carbocycles. The number of nitrogens with one attached hydrogen (secondary N) is 2. The minimum Gasteiger partial charge on any atom is -0.376 e. The maximum Gasteiger partial charge on any atom is 0.259 e. The molecule has 0 unspecified atom stereocenters. The number of nitrogens with zero attached hydrogens (tertiary/aromatic N) is 3. The van der Waals surface area contributed by atoms with Crippen LogP contribution in [0.2, 0.25) is 5.15 Å². The zero-order valence-electron chi connectivity index (χ0n) is 15.1. The van der Waals surface area contributed by atoms with Crippen molar-refractivity contribution < 1.29 is 4.79 Å². The average Bonchev–Trinajstić information content (AvgIpc) is 2.96. The van der Waals surface area contributed by atoms with E-state index in [-0.39, 0.29) is 12.5 Å². The van der Waals surface area contributed by atoms with Crippen molar-refractivity contribution in [2.45, 2.75) is 13.8 Å². The van der Waals surface area contributed by atoms with Crippen molar-refractivity contribution in [2.75, 3.05) is 11.9 Å². The van der Waals surface area contributed by atoms with Crippen LogP contribution in [0, 0.1) is 13.8 Å². The number of anilines is 1. The number of amides is 1. The van der Waals surface area contributed by atoms with Crippen LogP contribution in [0.15, 0.2) is 59.7 Å². The van der Waals surface area contributed by atoms with Gasteiger partial charge in [0, 0.05) is 5.69 Å². The minimum atomic E-state index is -0.254. The van der Waals surface area contributed by atoms with Crippen LogP contribution in [0.1, 0.15) is 16.8 Å². The molecule has 2 aromatic carbocycles. The highest BCUT2D eigenvalue weighted by molar-refractivity contribution is 6.32. The zero-order valence-corrected chi connectivity index (χ0v) is 15.9. The zero-order chi connectivity index (χ0) is 19.2. The van der Waals surface area contributed by atoms with E-state index in [4.69, 9.17) is 11.6 Å². The van der Waals surface area contributed by atoms with Crippen LogP contribution in [0.25, 0.3) is 5.69 Å². The molecule has 1 aromatic heterocycles. The van der Waals surface area contributed by atoms with E-state index in [1.54, 1.807) is 4.68 Å². The van der Waals surface area contributed by atoms with E-state index in [2.05, 4.69) is 20.9 Å². The number of hydrogen-bond donors (Lipinski definition) is 2. The van der Waals surface area contributed by atoms with E-state index in [9.17, 15) is 4.79 Å². The molecule has 2 N–H and O–H groups in total. The van der Waals surface area contributed by atoms with Crippen LogP contribution < -0.4 is 10.7 Å². The number of rotatable bonds is 6. The quantitative estimate of drug-likeness (QED) is 0.505. The van der Waals surface area contributed by atoms with Crippen LogP contribution in [0.3, 0.4) is 0 Å². The molecule has 0 bridgehead atoms. The van der Waals surface area contributed by atoms with Crippen molar-refractivity contribution >= 4 is 29.4 Å². The molecule has 6 nitrogen and oxygen atoms in total. The lowest BCUT2D eigenvalue weighted by atomic mass is 10.2. The van der Waals surface area contributed by atoms with Crippen LogP contribution in [-0.2, 0) is 4.79 Å². The number of para-hydroxylation sites is 1. The predicted molar refractivity (Wildman–Crippen MR) is 109 cm³/mol. The molecule has 27 heavy (non-hydrogen) atoms. The Balaban J connectivity index is 1.60. The first-order valence-corrected chi connectivity index (χ1v) is 8.85. The first-order valence-electron chi connectivity index (χ1n) is 8.47. The molecule has 0 aliphatic rings. The second-order valence-corrected chi connectivity index (χ2v) is 6.41. The number of hydrogen-bond acceptors (Lipinski definition) is 4. The number of aryl methyl sites for hydroxylation is 2. The molecular formula is C20H20ClN5O. The average molecular weight is 382 g/mol. The van der Waals surface area contributed by atoms with Gasteiger partial charge in [0.1, 0.15) is 5.15 Å². The van der Waals surface area contributed by atoms with Crippen molar-refractivity contribution in [3.8, 4) is 5.69 Å². The first-order chi connectivity index (χ1) is 13.0. The van der Waals surface area contributed by atoms with Crippen LogP contribution in [0.5, 0.6) is 0 Å². The third kappa shape index (κ3) is 4.74. The lowest BCUT2D eigenvalue weighted by molar-refractivity contribution is -0.119. The van der Waals surface area contributed by atoms with Gasteiger partial charge in [0.25, 0.3) is 5.91 Å². The molecule has 0 atom stereocenters. The van der Waals surface area contributed by atoms with Crippen molar-refractivity contribution in [3.05, 3.63) is 76.6 Å². The highest BCUT2D eigenvalue weighted by atomic mass is 35.5. The van der Waals surface area contributed by atoms with Gasteiger partial charge in [-0.3, -0.25) is 4.79 Å². The summed E-state index contributed by atoms with van der Waals surface area (Å²) in [6.07, 6.45) is 1.51. The third-order valence-corrected chi connectivity index (χ3v) is 4.30. The topological polar surface area (TPSA) is 71.3 Å². The Morgan fingerprint density at radius 1 is 1.15 bits per heavy atom. The number of aromatic nitrogens is 2. The van der Waals surface area contributed by atoms with Crippen molar-refractivity contribution in [2.24, 2.45) is 5.10 Å². The summed E-state index contributed by atoms with van der Waals surface area (Å²) in [6, 6.07) is 17.4. The summed E-state index contributed by atoms with van der Waals surface area (Å²) in [5.74, 6) is -0.254. The maximum absolute atomic E-state index is 11.9. The minimum absolute atomic E-state index is 0.121. The summed E-state index contributed by atoms with van der Waals surface area (Å²) in [5, 5.41) is 11.9. The number of carbonyl (C=O) groups excluding carboxylic acids is 1. The largest absolute Gasteiger partial charge is 0.376 e. The van der Waals surface area contributed by atoms with Gasteiger partial charge in [-0.1, -0.05) is 47.5 Å². The lowest BCUT2D eigenvalue weighted by Gasteiger charge is -2.05. The van der Waals surface area contributed by atoms with E-state index in [1.807, 2.05) is 68.4 Å². The van der Waals surface area contributed by atoms with Crippen LogP contribution in [0.4, 0.5) is 5.69 Å². The molecule has 0 spiro atoms. The molecule has 138 valence electrons. The SMILES string of the molecule is Cc1ccc(NCC(=O)N/N=C\c2c(C)nn(-c3ccccc3)c2Cl)cc1. The number of carbonyl (C=O) groups is 1. The number of halogens is 1. The molecule has 0 aliphatic heterocycles. The highest BCUT2D eigenvalue weighted by Crippen LogP contribution is 2.21. The van der Waals surface area contributed by atoms with E-state index >= 15 is 0 Å².